The van der Waals surface area contributed by atoms with Crippen LogP contribution in [0.5, 0.6) is 0 Å². The van der Waals surface area contributed by atoms with Crippen LogP contribution in [-0.4, -0.2) is 36.7 Å². The Hall–Kier alpha value is -2.05. The Labute approximate surface area is 123 Å². The number of rotatable bonds is 5. The van der Waals surface area contributed by atoms with Crippen molar-refractivity contribution in [2.45, 2.75) is 19.4 Å². The van der Waals surface area contributed by atoms with Crippen molar-refractivity contribution in [2.75, 3.05) is 19.7 Å². The molecule has 1 aliphatic rings. The number of carbonyl (C=O) groups excluding carboxylic acids is 1. The highest BCUT2D eigenvalue weighted by Crippen LogP contribution is 2.17. The van der Waals surface area contributed by atoms with E-state index in [9.17, 15) is 4.79 Å². The van der Waals surface area contributed by atoms with Gasteiger partial charge in [-0.25, -0.2) is 0 Å². The van der Waals surface area contributed by atoms with Gasteiger partial charge in [-0.1, -0.05) is 6.07 Å². The van der Waals surface area contributed by atoms with E-state index in [4.69, 9.17) is 15.9 Å². The molecule has 1 atom stereocenters. The Kier molecular flexibility index (Phi) is 5.19. The highest BCUT2D eigenvalue weighted by molar-refractivity contribution is 6.00. The Morgan fingerprint density at radius 2 is 2.43 bits per heavy atom. The van der Waals surface area contributed by atoms with Gasteiger partial charge in [0.25, 0.3) is 0 Å². The molecule has 0 saturated carbocycles. The summed E-state index contributed by atoms with van der Waals surface area (Å²) in [6.45, 7) is 3.94. The third kappa shape index (κ3) is 3.96. The number of nitrogens with one attached hydrogen (secondary N) is 2. The second-order valence-corrected chi connectivity index (χ2v) is 5.00. The van der Waals surface area contributed by atoms with Gasteiger partial charge in [0.2, 0.25) is 0 Å². The van der Waals surface area contributed by atoms with Crippen molar-refractivity contribution < 1.29 is 9.53 Å². The number of allylic oxidation sites excluding steroid dienone is 2. The number of nitrogens with zero attached hydrogens (tertiary/aromatic N) is 1. The van der Waals surface area contributed by atoms with Crippen LogP contribution in [0, 0.1) is 5.41 Å². The number of Topliss-reactive ketones (excluding diaryl/α,β-unsaturated/α-hetero) is 1. The van der Waals surface area contributed by atoms with Crippen LogP contribution in [0.4, 0.5) is 0 Å². The lowest BCUT2D eigenvalue weighted by molar-refractivity contribution is -0.115. The van der Waals surface area contributed by atoms with Gasteiger partial charge in [-0.15, -0.1) is 0 Å². The number of nitrogens with two attached hydrogens (primary N) is 1. The molecule has 2 heterocycles. The largest absolute Gasteiger partial charge is 0.396 e. The number of ketones is 1. The number of ether oxygens (including phenoxy) is 1. The Bertz CT molecular complexity index is 545. The lowest BCUT2D eigenvalue weighted by Gasteiger charge is -2.23. The zero-order valence-electron chi connectivity index (χ0n) is 12.1. The summed E-state index contributed by atoms with van der Waals surface area (Å²) in [4.78, 5) is 16.3. The molecule has 4 N–H and O–H groups in total. The average molecular weight is 288 g/mol. The summed E-state index contributed by atoms with van der Waals surface area (Å²) < 4.78 is 5.62. The smallest absolute Gasteiger partial charge is 0.183 e. The monoisotopic (exact) mass is 288 g/mol. The van der Waals surface area contributed by atoms with Crippen LogP contribution in [0.1, 0.15) is 24.3 Å². The van der Waals surface area contributed by atoms with Crippen molar-refractivity contribution in [3.8, 4) is 0 Å². The second kappa shape index (κ2) is 7.10. The predicted octanol–water partition coefficient (Wildman–Crippen LogP) is 0.736. The molecule has 0 unspecified atom stereocenters. The maximum atomic E-state index is 12.0. The molecular formula is C15H20N4O2. The third-order valence-electron chi connectivity index (χ3n) is 3.41. The van der Waals surface area contributed by atoms with E-state index in [0.717, 1.165) is 30.6 Å². The number of hydrogen-bond acceptors (Lipinski definition) is 6. The van der Waals surface area contributed by atoms with Gasteiger partial charge < -0.3 is 21.2 Å². The molecule has 1 saturated heterocycles. The minimum absolute atomic E-state index is 0.0337. The highest BCUT2D eigenvalue weighted by atomic mass is 16.5. The molecule has 0 aliphatic carbocycles. The predicted molar refractivity (Wildman–Crippen MR) is 80.2 cm³/mol. The molecule has 0 aromatic carbocycles. The molecule has 21 heavy (non-hydrogen) atoms. The standard InChI is InChI=1S/C15H20N4O2/c1-10(7-16)15(17)13(20)6-11-2-3-12(19-8-11)14-9-18-4-5-21-14/h2-3,7-8,14,16,18H,4-6,9,17H2,1H3/b15-10-,16-7?/t14-/m1/s1. The first-order chi connectivity index (χ1) is 10.1. The van der Waals surface area contributed by atoms with E-state index in [1.165, 1.54) is 0 Å². The molecule has 112 valence electrons. The lowest BCUT2D eigenvalue weighted by Crippen LogP contribution is -2.33. The summed E-state index contributed by atoms with van der Waals surface area (Å²) in [5, 5.41) is 10.4. The fourth-order valence-electron chi connectivity index (χ4n) is 2.06. The molecule has 1 fully saturated rings. The van der Waals surface area contributed by atoms with Crippen LogP contribution in [0.25, 0.3) is 0 Å². The molecule has 1 aromatic rings. The van der Waals surface area contributed by atoms with E-state index < -0.39 is 0 Å². The van der Waals surface area contributed by atoms with E-state index >= 15 is 0 Å². The molecule has 2 rings (SSSR count). The van der Waals surface area contributed by atoms with E-state index in [1.54, 1.807) is 13.1 Å². The van der Waals surface area contributed by atoms with Crippen molar-refractivity contribution >= 4 is 12.0 Å². The molecule has 6 heteroatoms. The molecule has 0 spiro atoms. The van der Waals surface area contributed by atoms with E-state index in [1.807, 2.05) is 12.1 Å². The molecule has 1 aliphatic heterocycles. The average Bonchev–Trinajstić information content (AvgIpc) is 2.54. The highest BCUT2D eigenvalue weighted by Gasteiger charge is 2.17. The van der Waals surface area contributed by atoms with Crippen molar-refractivity contribution in [1.29, 1.82) is 5.41 Å². The molecule has 1 aromatic heterocycles. The van der Waals surface area contributed by atoms with Gasteiger partial charge in [0.05, 0.1) is 18.0 Å². The fourth-order valence-corrected chi connectivity index (χ4v) is 2.06. The van der Waals surface area contributed by atoms with Gasteiger partial charge in [-0.3, -0.25) is 9.78 Å². The van der Waals surface area contributed by atoms with Gasteiger partial charge >= 0.3 is 0 Å². The summed E-state index contributed by atoms with van der Waals surface area (Å²) >= 11 is 0. The Morgan fingerprint density at radius 3 is 3.00 bits per heavy atom. The SMILES string of the molecule is C/C(C=N)=C(/N)C(=O)Cc1ccc([C@H]2CNCCO2)nc1. The first-order valence-corrected chi connectivity index (χ1v) is 6.89. The zero-order valence-corrected chi connectivity index (χ0v) is 12.1. The van der Waals surface area contributed by atoms with Gasteiger partial charge in [0.1, 0.15) is 6.10 Å². The molecule has 0 radical (unpaired) electrons. The lowest BCUT2D eigenvalue weighted by atomic mass is 10.1. The van der Waals surface area contributed by atoms with E-state index in [0.29, 0.717) is 12.2 Å². The van der Waals surface area contributed by atoms with Crippen LogP contribution >= 0.6 is 0 Å². The number of pyridine rings is 1. The first kappa shape index (κ1) is 15.3. The van der Waals surface area contributed by atoms with Crippen LogP contribution in [-0.2, 0) is 16.0 Å². The van der Waals surface area contributed by atoms with Crippen molar-refractivity contribution in [2.24, 2.45) is 5.73 Å². The molecule has 0 bridgehead atoms. The van der Waals surface area contributed by atoms with Crippen molar-refractivity contribution in [3.63, 3.8) is 0 Å². The number of carbonyl (C=O) groups is 1. The normalized spacial score (nSPS) is 19.8. The number of aromatic nitrogens is 1. The Morgan fingerprint density at radius 1 is 1.62 bits per heavy atom. The van der Waals surface area contributed by atoms with E-state index in [2.05, 4.69) is 10.3 Å². The second-order valence-electron chi connectivity index (χ2n) is 5.00. The maximum absolute atomic E-state index is 12.0. The summed E-state index contributed by atoms with van der Waals surface area (Å²) in [6, 6.07) is 3.74. The summed E-state index contributed by atoms with van der Waals surface area (Å²) in [6.07, 6.45) is 2.92. The van der Waals surface area contributed by atoms with Gasteiger partial charge in [-0.2, -0.15) is 0 Å². The van der Waals surface area contributed by atoms with Gasteiger partial charge in [0.15, 0.2) is 5.78 Å². The van der Waals surface area contributed by atoms with Crippen molar-refractivity contribution in [1.82, 2.24) is 10.3 Å². The topological polar surface area (TPSA) is 101 Å². The summed E-state index contributed by atoms with van der Waals surface area (Å²) in [5.74, 6) is -0.193. The minimum atomic E-state index is -0.193. The van der Waals surface area contributed by atoms with E-state index in [-0.39, 0.29) is 24.0 Å². The van der Waals surface area contributed by atoms with Crippen molar-refractivity contribution in [3.05, 3.63) is 40.9 Å². The van der Waals surface area contributed by atoms with Crippen LogP contribution in [0.2, 0.25) is 0 Å². The third-order valence-corrected chi connectivity index (χ3v) is 3.41. The molecule has 0 amide bonds. The Balaban J connectivity index is 2.02. The fraction of sp³-hybridized carbons (Fsp3) is 0.400. The summed E-state index contributed by atoms with van der Waals surface area (Å²) in [5.41, 5.74) is 7.97. The minimum Gasteiger partial charge on any atom is -0.396 e. The van der Waals surface area contributed by atoms with Crippen LogP contribution in [0.15, 0.2) is 29.6 Å². The molecular weight excluding hydrogens is 268 g/mol. The van der Waals surface area contributed by atoms with Crippen LogP contribution in [0.3, 0.4) is 0 Å². The van der Waals surface area contributed by atoms with Crippen LogP contribution < -0.4 is 11.1 Å². The number of hydrogen-bond donors (Lipinski definition) is 3. The van der Waals surface area contributed by atoms with Gasteiger partial charge in [-0.05, 0) is 24.1 Å². The quantitative estimate of drug-likeness (QED) is 0.548. The maximum Gasteiger partial charge on any atom is 0.183 e. The zero-order chi connectivity index (χ0) is 15.2. The summed E-state index contributed by atoms with van der Waals surface area (Å²) in [7, 11) is 0. The van der Waals surface area contributed by atoms with Gasteiger partial charge in [0, 0.05) is 31.9 Å². The first-order valence-electron chi connectivity index (χ1n) is 6.89. The molecule has 6 nitrogen and oxygen atoms in total. The number of morpholine rings is 1.